The van der Waals surface area contributed by atoms with E-state index in [0.29, 0.717) is 34.1 Å². The van der Waals surface area contributed by atoms with E-state index in [4.69, 9.17) is 8.83 Å². The highest BCUT2D eigenvalue weighted by Gasteiger charge is 2.16. The summed E-state index contributed by atoms with van der Waals surface area (Å²) in [6.45, 7) is 1.11. The van der Waals surface area contributed by atoms with Crippen molar-refractivity contribution in [3.05, 3.63) is 34.4 Å². The van der Waals surface area contributed by atoms with Crippen LogP contribution in [0.3, 0.4) is 0 Å². The minimum atomic E-state index is -0.484. The Morgan fingerprint density at radius 1 is 0.926 bits per heavy atom. The molecule has 3 rings (SSSR count). The van der Waals surface area contributed by atoms with E-state index in [1.807, 2.05) is 0 Å². The maximum Gasteiger partial charge on any atom is 0.347 e. The average Bonchev–Trinajstić information content (AvgIpc) is 2.93. The molecule has 2 heterocycles. The quantitative estimate of drug-likeness (QED) is 0.282. The number of rotatable bonds is 6. The number of alkyl halides is 1. The van der Waals surface area contributed by atoms with Crippen LogP contribution in [0.15, 0.2) is 31.8 Å². The van der Waals surface area contributed by atoms with Crippen molar-refractivity contribution in [1.29, 1.82) is 0 Å². The first-order valence-electron chi connectivity index (χ1n) is 8.84. The van der Waals surface area contributed by atoms with Gasteiger partial charge in [-0.25, -0.2) is 4.79 Å². The Morgan fingerprint density at radius 2 is 1.59 bits per heavy atom. The van der Waals surface area contributed by atoms with E-state index >= 15 is 0 Å². The van der Waals surface area contributed by atoms with Crippen molar-refractivity contribution in [1.82, 2.24) is 0 Å². The van der Waals surface area contributed by atoms with Crippen molar-refractivity contribution in [3.63, 3.8) is 0 Å². The number of furan rings is 1. The Bertz CT molecular complexity index is 968. The van der Waals surface area contributed by atoms with E-state index in [2.05, 4.69) is 32.7 Å². The van der Waals surface area contributed by atoms with E-state index < -0.39 is 5.63 Å². The monoisotopic (exact) mass is 396 g/mol. The molecule has 6 nitrogen and oxygen atoms in total. The van der Waals surface area contributed by atoms with Gasteiger partial charge in [0.25, 0.3) is 0 Å². The molecule has 0 atom stereocenters. The number of aromatic hydroxyl groups is 2. The standard InChI is InChI=1S/C19H23NO5.CH3Cl/c1-20(2,3)8-6-4-5-7-12-9-17-18(19(23)24-12)13-10-14(21)15(22)11-16(13)25-17;1-2/h9-11H,4-8H2,1-3H3,(H-,21,22);1H3/p+1. The molecular formula is C20H27ClNO5+. The Balaban J connectivity index is 0.00000126. The summed E-state index contributed by atoms with van der Waals surface area (Å²) in [7, 11) is 6.51. The van der Waals surface area contributed by atoms with Crippen LogP contribution in [0.4, 0.5) is 0 Å². The molecule has 27 heavy (non-hydrogen) atoms. The third-order valence-corrected chi connectivity index (χ3v) is 4.28. The van der Waals surface area contributed by atoms with Crippen molar-refractivity contribution in [3.8, 4) is 11.5 Å². The van der Waals surface area contributed by atoms with Crippen LogP contribution in [0.1, 0.15) is 25.0 Å². The number of phenolic OH excluding ortho intramolecular Hbond substituents is 2. The molecule has 2 N–H and O–H groups in total. The number of hydrogen-bond acceptors (Lipinski definition) is 5. The molecule has 0 radical (unpaired) electrons. The Labute approximate surface area is 163 Å². The zero-order valence-corrected chi connectivity index (χ0v) is 17.0. The smallest absolute Gasteiger partial charge is 0.347 e. The summed E-state index contributed by atoms with van der Waals surface area (Å²) in [6, 6.07) is 4.34. The highest BCUT2D eigenvalue weighted by atomic mass is 35.5. The fourth-order valence-electron chi connectivity index (χ4n) is 2.98. The highest BCUT2D eigenvalue weighted by Crippen LogP contribution is 2.35. The van der Waals surface area contributed by atoms with Gasteiger partial charge in [0, 0.05) is 30.3 Å². The Morgan fingerprint density at radius 3 is 2.26 bits per heavy atom. The van der Waals surface area contributed by atoms with Crippen molar-refractivity contribution in [2.24, 2.45) is 0 Å². The van der Waals surface area contributed by atoms with Crippen molar-refractivity contribution >= 4 is 33.5 Å². The normalized spacial score (nSPS) is 11.6. The van der Waals surface area contributed by atoms with Gasteiger partial charge in [0.15, 0.2) is 11.5 Å². The van der Waals surface area contributed by atoms with Gasteiger partial charge >= 0.3 is 5.63 Å². The molecule has 2 aromatic heterocycles. The van der Waals surface area contributed by atoms with Gasteiger partial charge in [0.2, 0.25) is 0 Å². The van der Waals surface area contributed by atoms with Crippen LogP contribution in [0.25, 0.3) is 21.9 Å². The molecule has 0 saturated heterocycles. The number of phenols is 2. The summed E-state index contributed by atoms with van der Waals surface area (Å²) in [5.74, 6) is 0.0135. The molecule has 0 bridgehead atoms. The number of fused-ring (bicyclic) bond motifs is 3. The summed E-state index contributed by atoms with van der Waals surface area (Å²) in [6.07, 6.45) is 5.28. The first kappa shape index (κ1) is 21.1. The summed E-state index contributed by atoms with van der Waals surface area (Å²) >= 11 is 4.64. The van der Waals surface area contributed by atoms with E-state index in [1.165, 1.54) is 18.5 Å². The van der Waals surface area contributed by atoms with E-state index in [9.17, 15) is 15.0 Å². The summed E-state index contributed by atoms with van der Waals surface area (Å²) in [5.41, 5.74) is 0.276. The van der Waals surface area contributed by atoms with Crippen LogP contribution in [-0.4, -0.2) is 48.8 Å². The highest BCUT2D eigenvalue weighted by molar-refractivity contribution is 6.15. The lowest BCUT2D eigenvalue weighted by molar-refractivity contribution is -0.870. The Kier molecular flexibility index (Phi) is 6.78. The second-order valence-corrected chi connectivity index (χ2v) is 7.50. The lowest BCUT2D eigenvalue weighted by Crippen LogP contribution is -2.35. The van der Waals surface area contributed by atoms with Gasteiger partial charge in [0.05, 0.1) is 27.7 Å². The van der Waals surface area contributed by atoms with E-state index in [0.717, 1.165) is 30.3 Å². The summed E-state index contributed by atoms with van der Waals surface area (Å²) < 4.78 is 12.0. The van der Waals surface area contributed by atoms with E-state index in [1.54, 1.807) is 6.07 Å². The third-order valence-electron chi connectivity index (χ3n) is 4.28. The molecular weight excluding hydrogens is 370 g/mol. The molecule has 0 aliphatic heterocycles. The van der Waals surface area contributed by atoms with Crippen molar-refractivity contribution < 1.29 is 23.5 Å². The van der Waals surface area contributed by atoms with Crippen molar-refractivity contribution in [2.75, 3.05) is 34.1 Å². The maximum absolute atomic E-state index is 12.3. The number of halogens is 1. The molecule has 0 unspecified atom stereocenters. The largest absolute Gasteiger partial charge is 0.504 e. The molecule has 7 heteroatoms. The van der Waals surface area contributed by atoms with Gasteiger partial charge in [-0.15, -0.1) is 11.6 Å². The van der Waals surface area contributed by atoms with Crippen LogP contribution in [0.2, 0.25) is 0 Å². The van der Waals surface area contributed by atoms with Gasteiger partial charge in [-0.1, -0.05) is 0 Å². The first-order chi connectivity index (χ1) is 12.7. The predicted octanol–water partition coefficient (Wildman–Crippen LogP) is 4.22. The molecule has 0 aliphatic carbocycles. The number of benzene rings is 1. The molecule has 0 spiro atoms. The van der Waals surface area contributed by atoms with Crippen LogP contribution in [0.5, 0.6) is 11.5 Å². The number of aryl methyl sites for hydroxylation is 1. The molecule has 3 aromatic rings. The third kappa shape index (κ3) is 5.17. The minimum Gasteiger partial charge on any atom is -0.504 e. The SMILES string of the molecule is CCl.C[N+](C)(C)CCCCCc1cc2oc3cc(O)c(O)cc3c2c(=O)o1. The zero-order valence-electron chi connectivity index (χ0n) is 16.2. The van der Waals surface area contributed by atoms with Crippen LogP contribution < -0.4 is 5.63 Å². The fraction of sp³-hybridized carbons (Fsp3) is 0.450. The minimum absolute atomic E-state index is 0.284. The van der Waals surface area contributed by atoms with Crippen LogP contribution >= 0.6 is 11.6 Å². The molecule has 0 fully saturated rings. The average molecular weight is 397 g/mol. The summed E-state index contributed by atoms with van der Waals surface area (Å²) in [4.78, 5) is 12.3. The number of hydrogen-bond donors (Lipinski definition) is 2. The molecule has 1 aromatic carbocycles. The maximum atomic E-state index is 12.3. The topological polar surface area (TPSA) is 83.8 Å². The van der Waals surface area contributed by atoms with Gasteiger partial charge < -0.3 is 23.5 Å². The van der Waals surface area contributed by atoms with Gasteiger partial charge in [0.1, 0.15) is 22.3 Å². The summed E-state index contributed by atoms with van der Waals surface area (Å²) in [5, 5.41) is 19.9. The lowest BCUT2D eigenvalue weighted by atomic mass is 10.1. The number of nitrogens with zero attached hydrogens (tertiary/aromatic N) is 1. The fourth-order valence-corrected chi connectivity index (χ4v) is 2.98. The lowest BCUT2D eigenvalue weighted by Gasteiger charge is -2.23. The second kappa shape index (κ2) is 8.67. The second-order valence-electron chi connectivity index (χ2n) is 7.50. The van der Waals surface area contributed by atoms with Gasteiger partial charge in [-0.3, -0.25) is 0 Å². The van der Waals surface area contributed by atoms with E-state index in [-0.39, 0.29) is 11.5 Å². The van der Waals surface area contributed by atoms with Crippen LogP contribution in [0, 0.1) is 0 Å². The Hall–Kier alpha value is -2.18. The zero-order chi connectivity index (χ0) is 20.2. The van der Waals surface area contributed by atoms with Gasteiger partial charge in [-0.2, -0.15) is 0 Å². The predicted molar refractivity (Wildman–Crippen MR) is 108 cm³/mol. The number of quaternary nitrogens is 1. The molecule has 0 saturated carbocycles. The number of unbranched alkanes of at least 4 members (excludes halogenated alkanes) is 2. The molecule has 0 aliphatic rings. The molecule has 148 valence electrons. The molecule has 0 amide bonds. The first-order valence-corrected chi connectivity index (χ1v) is 9.60. The van der Waals surface area contributed by atoms with Crippen molar-refractivity contribution in [2.45, 2.75) is 25.7 Å². The van der Waals surface area contributed by atoms with Crippen LogP contribution in [-0.2, 0) is 6.42 Å². The van der Waals surface area contributed by atoms with Gasteiger partial charge in [-0.05, 0) is 25.3 Å².